The molecule has 0 fully saturated rings. The number of nitrogens with zero attached hydrogens (tertiary/aromatic N) is 4. The Hall–Kier alpha value is -10.9. The molecule has 0 atom stereocenters. The maximum absolute atomic E-state index is 8.03. The molecule has 0 bridgehead atoms. The highest BCUT2D eigenvalue weighted by Crippen LogP contribution is 2.53. The van der Waals surface area contributed by atoms with Gasteiger partial charge in [-0.05, 0) is 154 Å². The van der Waals surface area contributed by atoms with Crippen LogP contribution in [-0.4, -0.2) is 13.4 Å². The summed E-state index contributed by atoms with van der Waals surface area (Å²) in [5, 5.41) is 2.14. The van der Waals surface area contributed by atoms with Crippen molar-refractivity contribution < 1.29 is 9.15 Å². The molecule has 0 unspecified atom stereocenters. The van der Waals surface area contributed by atoms with Crippen LogP contribution < -0.4 is 57.1 Å². The van der Waals surface area contributed by atoms with E-state index in [0.29, 0.717) is 0 Å². The van der Waals surface area contributed by atoms with Crippen LogP contribution in [0.2, 0.25) is 0 Å². The number of hydrogen-bond donors (Lipinski definition) is 0. The fraction of sp³-hybridized carbons (Fsp3) is 0. The first-order valence-corrected chi connectivity index (χ1v) is 30.5. The number of furan rings is 1. The van der Waals surface area contributed by atoms with Gasteiger partial charge in [-0.2, -0.15) is 0 Å². The van der Waals surface area contributed by atoms with E-state index in [1.807, 2.05) is 11.8 Å². The Morgan fingerprint density at radius 3 is 1.36 bits per heavy atom. The Morgan fingerprint density at radius 1 is 0.333 bits per heavy atom. The molecule has 0 saturated carbocycles. The summed E-state index contributed by atoms with van der Waals surface area (Å²) in [4.78, 5) is 12.1. The van der Waals surface area contributed by atoms with Crippen molar-refractivity contribution >= 4 is 148 Å². The average Bonchev–Trinajstić information content (AvgIpc) is 1.04. The third kappa shape index (κ3) is 7.79. The van der Waals surface area contributed by atoms with Gasteiger partial charge in [-0.15, -0.1) is 0 Å². The number of ether oxygens (including phenoxy) is 1. The number of hydrogen-bond acceptors (Lipinski definition) is 7. The summed E-state index contributed by atoms with van der Waals surface area (Å²) in [7, 11) is 0. The Kier molecular flexibility index (Phi) is 11.3. The molecule has 5 heterocycles. The van der Waals surface area contributed by atoms with E-state index in [1.165, 1.54) is 31.6 Å². The third-order valence-corrected chi connectivity index (χ3v) is 19.1. The van der Waals surface area contributed by atoms with E-state index in [4.69, 9.17) is 9.15 Å². The summed E-state index contributed by atoms with van der Waals surface area (Å²) in [5.41, 5.74) is 24.1. The van der Waals surface area contributed by atoms with E-state index < -0.39 is 0 Å². The Morgan fingerprint density at radius 2 is 0.793 bits per heavy atom. The van der Waals surface area contributed by atoms with E-state index in [2.05, 4.69) is 323 Å². The first-order valence-electron chi connectivity index (χ1n) is 29.7. The minimum atomic E-state index is -0.216. The number of rotatable bonds is 9. The van der Waals surface area contributed by atoms with Crippen molar-refractivity contribution in [1.82, 2.24) is 0 Å². The fourth-order valence-corrected chi connectivity index (χ4v) is 15.6. The lowest BCUT2D eigenvalue weighted by atomic mass is 9.31. The van der Waals surface area contributed by atoms with Crippen LogP contribution in [0.4, 0.5) is 68.2 Å². The molecule has 87 heavy (non-hydrogen) atoms. The molecule has 0 radical (unpaired) electrons. The maximum Gasteiger partial charge on any atom is 0.256 e. The van der Waals surface area contributed by atoms with Crippen molar-refractivity contribution in [2.24, 2.45) is 0 Å². The van der Waals surface area contributed by atoms with Gasteiger partial charge in [-0.1, -0.05) is 193 Å². The van der Waals surface area contributed by atoms with Gasteiger partial charge in [0.25, 0.3) is 6.71 Å². The molecule has 4 aliphatic heterocycles. The maximum atomic E-state index is 8.03. The lowest BCUT2D eigenvalue weighted by molar-refractivity contribution is 0.488. The van der Waals surface area contributed by atoms with Crippen molar-refractivity contribution in [3.8, 4) is 22.6 Å². The summed E-state index contributed by atoms with van der Waals surface area (Å²) in [5.74, 6) is 1.67. The van der Waals surface area contributed by atoms with Crippen LogP contribution in [0.25, 0.3) is 33.1 Å². The molecule has 6 nitrogen and oxygen atoms in total. The first kappa shape index (κ1) is 49.6. The quantitative estimate of drug-likeness (QED) is 0.133. The second-order valence-corrected chi connectivity index (χ2v) is 23.7. The van der Waals surface area contributed by atoms with E-state index in [1.54, 1.807) is 0 Å². The molecule has 0 aliphatic carbocycles. The predicted octanol–water partition coefficient (Wildman–Crippen LogP) is 17.4. The average molecular weight is 1130 g/mol. The molecule has 0 N–H and O–H groups in total. The van der Waals surface area contributed by atoms with Gasteiger partial charge in [0.2, 0.25) is 6.71 Å². The number of fused-ring (bicyclic) bond motifs is 11. The van der Waals surface area contributed by atoms with E-state index >= 15 is 0 Å². The summed E-state index contributed by atoms with van der Waals surface area (Å²) < 4.78 is 14.6. The van der Waals surface area contributed by atoms with Gasteiger partial charge in [0.05, 0.1) is 5.69 Å². The Labute approximate surface area is 509 Å². The SMILES string of the molecule is c1ccc(N(c2ccccc2)c2cc3c4c(c2)N(c2ccccc2)c2ccccc2B4c2cc4c(c(-c5ccc6oc7ccccc7c6c5)c2O3)Sc2cc(N(c3ccccc3)c3ccccc3)cc3c2B4c2ccccc2N3c2ccccc2)cc1. The normalized spacial score (nSPS) is 13.0. The van der Waals surface area contributed by atoms with Crippen LogP contribution in [0.1, 0.15) is 0 Å². The summed E-state index contributed by atoms with van der Waals surface area (Å²) in [6, 6.07) is 110. The van der Waals surface area contributed by atoms with Crippen LogP contribution >= 0.6 is 11.8 Å². The zero-order chi connectivity index (χ0) is 57.1. The van der Waals surface area contributed by atoms with Crippen LogP contribution in [0.15, 0.2) is 318 Å². The lowest BCUT2D eigenvalue weighted by Crippen LogP contribution is -2.63. The molecule has 13 aromatic carbocycles. The zero-order valence-corrected chi connectivity index (χ0v) is 47.9. The highest BCUT2D eigenvalue weighted by molar-refractivity contribution is 8.00. The topological polar surface area (TPSA) is 35.3 Å². The van der Waals surface area contributed by atoms with E-state index in [9.17, 15) is 0 Å². The van der Waals surface area contributed by atoms with Crippen LogP contribution in [-0.2, 0) is 0 Å². The summed E-state index contributed by atoms with van der Waals surface area (Å²) in [6.07, 6.45) is 0. The van der Waals surface area contributed by atoms with Crippen molar-refractivity contribution in [3.05, 3.63) is 303 Å². The Balaban J connectivity index is 0.951. The minimum Gasteiger partial charge on any atom is -0.458 e. The minimum absolute atomic E-state index is 0.158. The molecule has 406 valence electrons. The number of anilines is 12. The molecule has 0 amide bonds. The number of para-hydroxylation sites is 9. The molecule has 4 aliphatic rings. The Bertz CT molecular complexity index is 4700. The van der Waals surface area contributed by atoms with Gasteiger partial charge in [-0.25, -0.2) is 0 Å². The van der Waals surface area contributed by atoms with Gasteiger partial charge in [0, 0.05) is 94.8 Å². The molecule has 0 spiro atoms. The standard InChI is InChI=1S/C78H50B2N4O2S/c1-7-25-52(26-8-1)81(53-27-9-2-10-28-53)58-46-68-75-72(48-58)86-77-64(79(75)62-38-20-22-40-66(62)83(68)56-33-15-5-16-34-56)50-65-78(74(77)51-43-44-71-61(45-51)60-37-19-24-42-70(60)85-71)87-73-49-59(82(54-29-11-3-12-30-54)55-31-13-4-14-32-55)47-69-76(73)80(65)63-39-21-23-41-67(63)84(69)57-35-17-6-18-36-57/h1-50H. The monoisotopic (exact) mass is 1130 g/mol. The van der Waals surface area contributed by atoms with Gasteiger partial charge in [0.1, 0.15) is 22.7 Å². The molecular weight excluding hydrogens is 1080 g/mol. The van der Waals surface area contributed by atoms with Crippen molar-refractivity contribution in [3.63, 3.8) is 0 Å². The van der Waals surface area contributed by atoms with Gasteiger partial charge in [-0.3, -0.25) is 0 Å². The van der Waals surface area contributed by atoms with Crippen molar-refractivity contribution in [2.75, 3.05) is 19.6 Å². The molecule has 1 aromatic heterocycles. The van der Waals surface area contributed by atoms with Gasteiger partial charge >= 0.3 is 0 Å². The van der Waals surface area contributed by atoms with E-state index in [-0.39, 0.29) is 13.4 Å². The van der Waals surface area contributed by atoms with Crippen molar-refractivity contribution in [1.29, 1.82) is 0 Å². The molecule has 9 heteroatoms. The smallest absolute Gasteiger partial charge is 0.256 e. The van der Waals surface area contributed by atoms with Crippen LogP contribution in [0, 0.1) is 0 Å². The largest absolute Gasteiger partial charge is 0.458 e. The van der Waals surface area contributed by atoms with E-state index in [0.717, 1.165) is 124 Å². The summed E-state index contributed by atoms with van der Waals surface area (Å²) in [6.45, 7) is -0.374. The zero-order valence-electron chi connectivity index (χ0n) is 47.0. The highest BCUT2D eigenvalue weighted by Gasteiger charge is 2.48. The molecule has 0 saturated heterocycles. The number of benzene rings is 13. The van der Waals surface area contributed by atoms with Gasteiger partial charge < -0.3 is 28.8 Å². The second kappa shape index (κ2) is 19.9. The van der Waals surface area contributed by atoms with Gasteiger partial charge in [0.15, 0.2) is 0 Å². The predicted molar refractivity (Wildman–Crippen MR) is 364 cm³/mol. The lowest BCUT2D eigenvalue weighted by Gasteiger charge is -2.44. The van der Waals surface area contributed by atoms with Crippen molar-refractivity contribution in [2.45, 2.75) is 9.79 Å². The highest BCUT2D eigenvalue weighted by atomic mass is 32.2. The fourth-order valence-electron chi connectivity index (χ4n) is 14.3. The molecule has 18 rings (SSSR count). The van der Waals surface area contributed by atoms with Crippen LogP contribution in [0.3, 0.4) is 0 Å². The molecular formula is C78H50B2N4O2S. The summed E-state index contributed by atoms with van der Waals surface area (Å²) >= 11 is 1.87. The third-order valence-electron chi connectivity index (χ3n) is 17.9. The van der Waals surface area contributed by atoms with Crippen LogP contribution in [0.5, 0.6) is 11.5 Å². The first-order chi connectivity index (χ1) is 43.2. The second-order valence-electron chi connectivity index (χ2n) is 22.7. The molecule has 14 aromatic rings.